The van der Waals surface area contributed by atoms with Gasteiger partial charge in [0.2, 0.25) is 0 Å². The smallest absolute Gasteiger partial charge is 0.195 e. The first-order valence-corrected chi connectivity index (χ1v) is 8.57. The van der Waals surface area contributed by atoms with E-state index in [4.69, 9.17) is 4.42 Å². The van der Waals surface area contributed by atoms with Crippen LogP contribution in [0.5, 0.6) is 0 Å². The molecule has 6 heteroatoms. The first-order valence-electron chi connectivity index (χ1n) is 7.75. The number of aliphatic hydroxyl groups is 1. The molecule has 0 amide bonds. The molecule has 2 fully saturated rings. The van der Waals surface area contributed by atoms with Crippen LogP contribution in [0.15, 0.2) is 45.3 Å². The number of nitrogens with zero attached hydrogens (tertiary/aromatic N) is 3. The SMILES string of the molecule is OC1C[C@H]2CC[C@@H](C1)N2Cc1ccc(Sc2ncccn2)o1. The number of fused-ring (bicyclic) bond motifs is 2. The number of rotatable bonds is 4. The van der Waals surface area contributed by atoms with E-state index in [2.05, 4.69) is 14.9 Å². The molecule has 0 radical (unpaired) electrons. The van der Waals surface area contributed by atoms with Crippen molar-refractivity contribution in [1.29, 1.82) is 0 Å². The van der Waals surface area contributed by atoms with Gasteiger partial charge in [-0.25, -0.2) is 9.97 Å². The van der Waals surface area contributed by atoms with Crippen molar-refractivity contribution in [2.24, 2.45) is 0 Å². The Hall–Kier alpha value is -1.37. The Morgan fingerprint density at radius 2 is 1.91 bits per heavy atom. The van der Waals surface area contributed by atoms with E-state index in [1.165, 1.54) is 24.6 Å². The van der Waals surface area contributed by atoms with Crippen molar-refractivity contribution < 1.29 is 9.52 Å². The maximum atomic E-state index is 9.87. The van der Waals surface area contributed by atoms with Crippen LogP contribution in [0, 0.1) is 0 Å². The average molecular weight is 317 g/mol. The Labute approximate surface area is 133 Å². The van der Waals surface area contributed by atoms with E-state index in [9.17, 15) is 5.11 Å². The minimum absolute atomic E-state index is 0.119. The molecule has 2 bridgehead atoms. The molecule has 2 aliphatic rings. The standard InChI is InChI=1S/C16H19N3O2S/c20-13-8-11-2-3-12(9-13)19(11)10-14-4-5-15(21-14)22-16-17-6-1-7-18-16/h1,4-7,11-13,20H,2-3,8-10H2/t11-,12+,13?. The van der Waals surface area contributed by atoms with Crippen molar-refractivity contribution in [1.82, 2.24) is 14.9 Å². The lowest BCUT2D eigenvalue weighted by Gasteiger charge is -2.36. The summed E-state index contributed by atoms with van der Waals surface area (Å²) < 4.78 is 5.92. The van der Waals surface area contributed by atoms with E-state index in [0.29, 0.717) is 17.2 Å². The highest BCUT2D eigenvalue weighted by Gasteiger charge is 2.40. The molecule has 1 unspecified atom stereocenters. The van der Waals surface area contributed by atoms with Crippen LogP contribution in [0.2, 0.25) is 0 Å². The number of aliphatic hydroxyl groups excluding tert-OH is 1. The van der Waals surface area contributed by atoms with Crippen molar-refractivity contribution >= 4 is 11.8 Å². The van der Waals surface area contributed by atoms with Gasteiger partial charge in [0.15, 0.2) is 10.2 Å². The molecule has 2 saturated heterocycles. The fraction of sp³-hybridized carbons (Fsp3) is 0.500. The van der Waals surface area contributed by atoms with Gasteiger partial charge in [0.25, 0.3) is 0 Å². The molecule has 2 aromatic heterocycles. The third kappa shape index (κ3) is 2.91. The van der Waals surface area contributed by atoms with Crippen LogP contribution in [0.25, 0.3) is 0 Å². The monoisotopic (exact) mass is 317 g/mol. The fourth-order valence-electron chi connectivity index (χ4n) is 3.61. The van der Waals surface area contributed by atoms with E-state index in [1.54, 1.807) is 18.5 Å². The first-order chi connectivity index (χ1) is 10.8. The fourth-order valence-corrected chi connectivity index (χ4v) is 4.30. The molecule has 116 valence electrons. The van der Waals surface area contributed by atoms with Gasteiger partial charge in [0, 0.05) is 24.5 Å². The summed E-state index contributed by atoms with van der Waals surface area (Å²) in [7, 11) is 0. The molecule has 2 aliphatic heterocycles. The lowest BCUT2D eigenvalue weighted by Crippen LogP contribution is -2.43. The van der Waals surface area contributed by atoms with Crippen molar-refractivity contribution in [2.75, 3.05) is 0 Å². The minimum atomic E-state index is -0.119. The van der Waals surface area contributed by atoms with E-state index in [-0.39, 0.29) is 6.10 Å². The van der Waals surface area contributed by atoms with Gasteiger partial charge >= 0.3 is 0 Å². The summed E-state index contributed by atoms with van der Waals surface area (Å²) in [6.07, 6.45) is 7.54. The topological polar surface area (TPSA) is 62.4 Å². The highest BCUT2D eigenvalue weighted by molar-refractivity contribution is 7.99. The maximum absolute atomic E-state index is 9.87. The van der Waals surface area contributed by atoms with Crippen molar-refractivity contribution in [3.05, 3.63) is 36.4 Å². The predicted molar refractivity (Wildman–Crippen MR) is 82.5 cm³/mol. The third-order valence-corrected chi connectivity index (χ3v) is 5.38. The molecule has 1 N–H and O–H groups in total. The largest absolute Gasteiger partial charge is 0.453 e. The second-order valence-electron chi connectivity index (χ2n) is 6.04. The lowest BCUT2D eigenvalue weighted by atomic mass is 10.00. The van der Waals surface area contributed by atoms with Gasteiger partial charge in [-0.15, -0.1) is 0 Å². The Morgan fingerprint density at radius 3 is 2.64 bits per heavy atom. The molecule has 0 aromatic carbocycles. The normalized spacial score (nSPS) is 28.1. The molecule has 3 atom stereocenters. The highest BCUT2D eigenvalue weighted by Crippen LogP contribution is 2.37. The zero-order valence-electron chi connectivity index (χ0n) is 12.3. The molecule has 5 nitrogen and oxygen atoms in total. The summed E-state index contributed by atoms with van der Waals surface area (Å²) in [6.45, 7) is 0.832. The summed E-state index contributed by atoms with van der Waals surface area (Å²) in [6, 6.07) is 6.84. The highest BCUT2D eigenvalue weighted by atomic mass is 32.2. The van der Waals surface area contributed by atoms with Crippen LogP contribution in [0.3, 0.4) is 0 Å². The summed E-state index contributed by atoms with van der Waals surface area (Å²) >= 11 is 1.44. The molecule has 4 rings (SSSR count). The molecular formula is C16H19N3O2S. The molecule has 0 aliphatic carbocycles. The summed E-state index contributed by atoms with van der Waals surface area (Å²) in [5, 5.41) is 11.4. The molecule has 0 saturated carbocycles. The Morgan fingerprint density at radius 1 is 1.18 bits per heavy atom. The van der Waals surface area contributed by atoms with Gasteiger partial charge in [-0.3, -0.25) is 4.90 Å². The summed E-state index contributed by atoms with van der Waals surface area (Å²) in [5.74, 6) is 0.978. The lowest BCUT2D eigenvalue weighted by molar-refractivity contribution is 0.0270. The van der Waals surface area contributed by atoms with Crippen molar-refractivity contribution in [2.45, 2.75) is 60.7 Å². The van der Waals surface area contributed by atoms with Crippen LogP contribution < -0.4 is 0 Å². The molecule has 4 heterocycles. The first kappa shape index (κ1) is 14.2. The number of hydrogen-bond donors (Lipinski definition) is 1. The Balaban J connectivity index is 1.42. The van der Waals surface area contributed by atoms with Gasteiger partial charge in [-0.05, 0) is 55.6 Å². The van der Waals surface area contributed by atoms with Crippen LogP contribution in [0.4, 0.5) is 0 Å². The van der Waals surface area contributed by atoms with Crippen LogP contribution in [0.1, 0.15) is 31.4 Å². The number of furan rings is 1. The maximum Gasteiger partial charge on any atom is 0.195 e. The van der Waals surface area contributed by atoms with Crippen molar-refractivity contribution in [3.63, 3.8) is 0 Å². The van der Waals surface area contributed by atoms with Gasteiger partial charge in [0.05, 0.1) is 12.6 Å². The summed E-state index contributed by atoms with van der Waals surface area (Å²) in [5.41, 5.74) is 0. The average Bonchev–Trinajstić information content (AvgIpc) is 3.04. The van der Waals surface area contributed by atoms with Crippen LogP contribution in [-0.4, -0.2) is 38.2 Å². The molecule has 22 heavy (non-hydrogen) atoms. The second-order valence-corrected chi connectivity index (χ2v) is 7.01. The zero-order chi connectivity index (χ0) is 14.9. The minimum Gasteiger partial charge on any atom is -0.453 e. The number of piperidine rings is 1. The van der Waals surface area contributed by atoms with Crippen LogP contribution in [-0.2, 0) is 6.54 Å². The van der Waals surface area contributed by atoms with Gasteiger partial charge in [0.1, 0.15) is 5.76 Å². The van der Waals surface area contributed by atoms with Gasteiger partial charge < -0.3 is 9.52 Å². The number of hydrogen-bond acceptors (Lipinski definition) is 6. The van der Waals surface area contributed by atoms with E-state index in [1.807, 2.05) is 12.1 Å². The van der Waals surface area contributed by atoms with E-state index in [0.717, 1.165) is 30.2 Å². The zero-order valence-corrected chi connectivity index (χ0v) is 13.1. The van der Waals surface area contributed by atoms with E-state index < -0.39 is 0 Å². The second kappa shape index (κ2) is 6.02. The van der Waals surface area contributed by atoms with Crippen molar-refractivity contribution in [3.8, 4) is 0 Å². The Kier molecular flexibility index (Phi) is 3.90. The molecule has 2 aromatic rings. The third-order valence-electron chi connectivity index (χ3n) is 4.57. The van der Waals surface area contributed by atoms with Gasteiger partial charge in [-0.1, -0.05) is 0 Å². The quantitative estimate of drug-likeness (QED) is 0.875. The van der Waals surface area contributed by atoms with Gasteiger partial charge in [-0.2, -0.15) is 0 Å². The Bertz CT molecular complexity index is 619. The van der Waals surface area contributed by atoms with Crippen LogP contribution >= 0.6 is 11.8 Å². The molecule has 0 spiro atoms. The summed E-state index contributed by atoms with van der Waals surface area (Å²) in [4.78, 5) is 10.9. The predicted octanol–water partition coefficient (Wildman–Crippen LogP) is 2.71. The number of aromatic nitrogens is 2. The van der Waals surface area contributed by atoms with E-state index >= 15 is 0 Å². The molecular weight excluding hydrogens is 298 g/mol.